The average Bonchev–Trinajstić information content (AvgIpc) is 2.34. The minimum atomic E-state index is -0.739. The third-order valence-corrected chi connectivity index (χ3v) is 2.86. The van der Waals surface area contributed by atoms with Crippen LogP contribution in [0.5, 0.6) is 0 Å². The summed E-state index contributed by atoms with van der Waals surface area (Å²) in [5.41, 5.74) is 0.533. The molecule has 0 aromatic heterocycles. The van der Waals surface area contributed by atoms with Gasteiger partial charge in [0.2, 0.25) is 0 Å². The molecule has 1 aliphatic rings. The van der Waals surface area contributed by atoms with Gasteiger partial charge >= 0.3 is 5.97 Å². The summed E-state index contributed by atoms with van der Waals surface area (Å²) in [5.74, 6) is -0.345. The summed E-state index contributed by atoms with van der Waals surface area (Å²) in [7, 11) is 0. The number of rotatable bonds is 2. The lowest BCUT2D eigenvalue weighted by atomic mass is 10.1. The smallest absolute Gasteiger partial charge is 0.338 e. The predicted molar refractivity (Wildman–Crippen MR) is 61.4 cm³/mol. The predicted octanol–water partition coefficient (Wildman–Crippen LogP) is 1.73. The first-order chi connectivity index (χ1) is 8.16. The number of aliphatic hydroxyl groups is 1. The van der Waals surface area contributed by atoms with Gasteiger partial charge in [-0.05, 0) is 25.5 Å². The van der Waals surface area contributed by atoms with Gasteiger partial charge < -0.3 is 14.6 Å². The van der Waals surface area contributed by atoms with Crippen LogP contribution in [0.4, 0.5) is 0 Å². The molecule has 0 radical (unpaired) electrons. The maximum Gasteiger partial charge on any atom is 0.338 e. The van der Waals surface area contributed by atoms with Crippen LogP contribution < -0.4 is 0 Å². The maximum absolute atomic E-state index is 11.8. The molecule has 0 aliphatic carbocycles. The Hall–Kier alpha value is -1.39. The van der Waals surface area contributed by atoms with Crippen molar-refractivity contribution in [3.63, 3.8) is 0 Å². The van der Waals surface area contributed by atoms with Gasteiger partial charge in [0, 0.05) is 6.42 Å². The van der Waals surface area contributed by atoms with Crippen LogP contribution in [0.3, 0.4) is 0 Å². The molecule has 0 saturated carbocycles. The minimum Gasteiger partial charge on any atom is -0.456 e. The largest absolute Gasteiger partial charge is 0.456 e. The molecule has 1 aromatic carbocycles. The van der Waals surface area contributed by atoms with E-state index in [1.165, 1.54) is 0 Å². The zero-order chi connectivity index (χ0) is 12.3. The first kappa shape index (κ1) is 12.1. The fraction of sp³-hybridized carbons (Fsp3) is 0.462. The quantitative estimate of drug-likeness (QED) is 0.794. The van der Waals surface area contributed by atoms with Gasteiger partial charge in [0.15, 0.2) is 6.29 Å². The summed E-state index contributed by atoms with van der Waals surface area (Å²) in [5, 5.41) is 9.29. The number of ether oxygens (including phenoxy) is 2. The van der Waals surface area contributed by atoms with Crippen molar-refractivity contribution in [3.05, 3.63) is 35.9 Å². The van der Waals surface area contributed by atoms with Crippen LogP contribution in [0, 0.1) is 0 Å². The Bertz CT molecular complexity index is 376. The number of carbonyl (C=O) groups excluding carboxylic acids is 1. The van der Waals surface area contributed by atoms with Gasteiger partial charge in [-0.15, -0.1) is 0 Å². The molecule has 92 valence electrons. The molecule has 2 rings (SSSR count). The third kappa shape index (κ3) is 3.05. The normalized spacial score (nSPS) is 28.7. The zero-order valence-electron chi connectivity index (χ0n) is 9.70. The van der Waals surface area contributed by atoms with E-state index in [0.717, 1.165) is 0 Å². The van der Waals surface area contributed by atoms with Gasteiger partial charge in [-0.3, -0.25) is 0 Å². The van der Waals surface area contributed by atoms with Crippen LogP contribution in [0.15, 0.2) is 30.3 Å². The Morgan fingerprint density at radius 2 is 2.06 bits per heavy atom. The highest BCUT2D eigenvalue weighted by atomic mass is 16.6. The Balaban J connectivity index is 1.95. The number of esters is 1. The second-order valence-corrected chi connectivity index (χ2v) is 4.18. The van der Waals surface area contributed by atoms with E-state index in [1.54, 1.807) is 31.2 Å². The first-order valence-electron chi connectivity index (χ1n) is 5.76. The average molecular weight is 236 g/mol. The van der Waals surface area contributed by atoms with Gasteiger partial charge in [0.25, 0.3) is 0 Å². The number of hydrogen-bond acceptors (Lipinski definition) is 4. The molecule has 1 heterocycles. The van der Waals surface area contributed by atoms with Crippen LogP contribution >= 0.6 is 0 Å². The van der Waals surface area contributed by atoms with E-state index < -0.39 is 6.29 Å². The van der Waals surface area contributed by atoms with Gasteiger partial charge in [-0.25, -0.2) is 4.79 Å². The first-order valence-corrected chi connectivity index (χ1v) is 5.76. The molecule has 1 fully saturated rings. The van der Waals surface area contributed by atoms with E-state index in [9.17, 15) is 9.90 Å². The van der Waals surface area contributed by atoms with Crippen molar-refractivity contribution < 1.29 is 19.4 Å². The van der Waals surface area contributed by atoms with Gasteiger partial charge in [-0.1, -0.05) is 18.2 Å². The van der Waals surface area contributed by atoms with E-state index in [2.05, 4.69) is 0 Å². The van der Waals surface area contributed by atoms with Crippen molar-refractivity contribution in [2.45, 2.75) is 38.3 Å². The van der Waals surface area contributed by atoms with E-state index >= 15 is 0 Å². The Morgan fingerprint density at radius 1 is 1.35 bits per heavy atom. The summed E-state index contributed by atoms with van der Waals surface area (Å²) in [6.45, 7) is 1.80. The van der Waals surface area contributed by atoms with Crippen LogP contribution in [-0.4, -0.2) is 29.6 Å². The minimum absolute atomic E-state index is 0.272. The van der Waals surface area contributed by atoms with Crippen LogP contribution in [0.25, 0.3) is 0 Å². The lowest BCUT2D eigenvalue weighted by Crippen LogP contribution is -2.39. The summed E-state index contributed by atoms with van der Waals surface area (Å²) in [6.07, 6.45) is -0.174. The molecular formula is C13H16O4. The second-order valence-electron chi connectivity index (χ2n) is 4.18. The molecule has 1 N–H and O–H groups in total. The molecule has 1 saturated heterocycles. The zero-order valence-corrected chi connectivity index (χ0v) is 9.70. The third-order valence-electron chi connectivity index (χ3n) is 2.86. The molecule has 4 heteroatoms. The van der Waals surface area contributed by atoms with Gasteiger partial charge in [0.05, 0.1) is 11.7 Å². The number of carbonyl (C=O) groups is 1. The second kappa shape index (κ2) is 5.29. The molecular weight excluding hydrogens is 220 g/mol. The molecule has 0 spiro atoms. The fourth-order valence-electron chi connectivity index (χ4n) is 1.88. The van der Waals surface area contributed by atoms with Gasteiger partial charge in [0.1, 0.15) is 6.10 Å². The molecule has 1 aromatic rings. The molecule has 3 atom stereocenters. The Morgan fingerprint density at radius 3 is 2.71 bits per heavy atom. The molecule has 1 aliphatic heterocycles. The van der Waals surface area contributed by atoms with E-state index in [-0.39, 0.29) is 18.2 Å². The van der Waals surface area contributed by atoms with Crippen molar-refractivity contribution in [2.75, 3.05) is 0 Å². The van der Waals surface area contributed by atoms with E-state index in [0.29, 0.717) is 18.4 Å². The van der Waals surface area contributed by atoms with Crippen LogP contribution in [0.2, 0.25) is 0 Å². The number of benzene rings is 1. The van der Waals surface area contributed by atoms with Crippen molar-refractivity contribution >= 4 is 5.97 Å². The standard InChI is InChI=1S/C13H16O4/c1-9-11(7-8-12(14)16-9)17-13(15)10-5-3-2-4-6-10/h2-6,9,11-12,14H,7-8H2,1H3. The SMILES string of the molecule is CC1OC(O)CCC1OC(=O)c1ccccc1. The number of aliphatic hydroxyl groups excluding tert-OH is 1. The fourth-order valence-corrected chi connectivity index (χ4v) is 1.88. The number of hydrogen-bond donors (Lipinski definition) is 1. The van der Waals surface area contributed by atoms with Crippen LogP contribution in [-0.2, 0) is 9.47 Å². The van der Waals surface area contributed by atoms with E-state index in [1.807, 2.05) is 6.07 Å². The maximum atomic E-state index is 11.8. The van der Waals surface area contributed by atoms with Crippen molar-refractivity contribution in [1.29, 1.82) is 0 Å². The molecule has 3 unspecified atom stereocenters. The Kier molecular flexibility index (Phi) is 3.76. The van der Waals surface area contributed by atoms with Crippen molar-refractivity contribution in [1.82, 2.24) is 0 Å². The molecule has 0 bridgehead atoms. The summed E-state index contributed by atoms with van der Waals surface area (Å²) in [6, 6.07) is 8.86. The summed E-state index contributed by atoms with van der Waals surface area (Å²) in [4.78, 5) is 11.8. The topological polar surface area (TPSA) is 55.8 Å². The highest BCUT2D eigenvalue weighted by Gasteiger charge is 2.30. The lowest BCUT2D eigenvalue weighted by molar-refractivity contribution is -0.193. The van der Waals surface area contributed by atoms with Crippen molar-refractivity contribution in [3.8, 4) is 0 Å². The van der Waals surface area contributed by atoms with Gasteiger partial charge in [-0.2, -0.15) is 0 Å². The molecule has 4 nitrogen and oxygen atoms in total. The van der Waals surface area contributed by atoms with E-state index in [4.69, 9.17) is 9.47 Å². The summed E-state index contributed by atoms with van der Waals surface area (Å²) < 4.78 is 10.6. The monoisotopic (exact) mass is 236 g/mol. The summed E-state index contributed by atoms with van der Waals surface area (Å²) >= 11 is 0. The highest BCUT2D eigenvalue weighted by Crippen LogP contribution is 2.21. The van der Waals surface area contributed by atoms with Crippen molar-refractivity contribution in [2.24, 2.45) is 0 Å². The lowest BCUT2D eigenvalue weighted by Gasteiger charge is -2.31. The van der Waals surface area contributed by atoms with Crippen LogP contribution in [0.1, 0.15) is 30.1 Å². The Labute approximate surface area is 100 Å². The highest BCUT2D eigenvalue weighted by molar-refractivity contribution is 5.89. The molecule has 0 amide bonds. The molecule has 17 heavy (non-hydrogen) atoms.